The zero-order valence-corrected chi connectivity index (χ0v) is 13.3. The molecule has 2 heterocycles. The van der Waals surface area contributed by atoms with Crippen LogP contribution in [-0.4, -0.2) is 35.2 Å². The summed E-state index contributed by atoms with van der Waals surface area (Å²) in [5.74, 6) is 2.04. The van der Waals surface area contributed by atoms with Crippen LogP contribution >= 0.6 is 0 Å². The fourth-order valence-corrected chi connectivity index (χ4v) is 2.42. The highest BCUT2D eigenvalue weighted by atomic mass is 16.7. The molecule has 0 fully saturated rings. The minimum absolute atomic E-state index is 0.0176. The minimum Gasteiger partial charge on any atom is -0.496 e. The molecule has 3 rings (SSSR count). The maximum Gasteiger partial charge on any atom is 0.233 e. The second kappa shape index (κ2) is 6.25. The maximum absolute atomic E-state index is 5.81. The standard InChI is InChI=1S/C15H20N6O2/c1-4-11-19-14(23-21-11)8(2)17-13-12-9(18-15(16)20-13)6-5-7-10(12)22-3/h5-8,11,21H,4H2,1-3H3,(H3,16,17,18,20)/t8-,11?/m1/s1. The summed E-state index contributed by atoms with van der Waals surface area (Å²) in [7, 11) is 1.61. The van der Waals surface area contributed by atoms with E-state index >= 15 is 0 Å². The van der Waals surface area contributed by atoms with Gasteiger partial charge in [-0.1, -0.05) is 13.0 Å². The van der Waals surface area contributed by atoms with Crippen LogP contribution in [0, 0.1) is 0 Å². The van der Waals surface area contributed by atoms with E-state index in [0.717, 1.165) is 11.8 Å². The Hall–Kier alpha value is -2.61. The lowest BCUT2D eigenvalue weighted by Crippen LogP contribution is -2.29. The summed E-state index contributed by atoms with van der Waals surface area (Å²) in [5, 5.41) is 4.05. The molecule has 0 aliphatic carbocycles. The van der Waals surface area contributed by atoms with Crippen molar-refractivity contribution in [2.45, 2.75) is 32.5 Å². The molecular formula is C15H20N6O2. The number of methoxy groups -OCH3 is 1. The second-order valence-electron chi connectivity index (χ2n) is 5.26. The largest absolute Gasteiger partial charge is 0.496 e. The van der Waals surface area contributed by atoms with Crippen LogP contribution in [0.2, 0.25) is 0 Å². The molecule has 122 valence electrons. The van der Waals surface area contributed by atoms with Crippen LogP contribution in [-0.2, 0) is 4.84 Å². The molecule has 0 amide bonds. The molecule has 0 saturated heterocycles. The summed E-state index contributed by atoms with van der Waals surface area (Å²) >= 11 is 0. The SMILES string of the molecule is CCC1N=C([C@@H](C)Nc2nc(N)nc3cccc(OC)c23)ON1. The van der Waals surface area contributed by atoms with Crippen molar-refractivity contribution >= 4 is 28.6 Å². The van der Waals surface area contributed by atoms with Gasteiger partial charge in [0.05, 0.1) is 18.0 Å². The van der Waals surface area contributed by atoms with Crippen molar-refractivity contribution in [2.75, 3.05) is 18.2 Å². The predicted octanol–water partition coefficient (Wildman–Crippen LogP) is 1.69. The highest BCUT2D eigenvalue weighted by molar-refractivity contribution is 5.97. The number of nitrogens with one attached hydrogen (secondary N) is 2. The van der Waals surface area contributed by atoms with E-state index in [0.29, 0.717) is 23.0 Å². The van der Waals surface area contributed by atoms with Gasteiger partial charge in [-0.15, -0.1) is 5.48 Å². The van der Waals surface area contributed by atoms with Crippen LogP contribution in [0.25, 0.3) is 10.9 Å². The first kappa shape index (κ1) is 15.3. The van der Waals surface area contributed by atoms with Crippen molar-refractivity contribution in [1.29, 1.82) is 0 Å². The lowest BCUT2D eigenvalue weighted by Gasteiger charge is -2.16. The van der Waals surface area contributed by atoms with Gasteiger partial charge in [0.25, 0.3) is 0 Å². The van der Waals surface area contributed by atoms with Crippen LogP contribution in [0.4, 0.5) is 11.8 Å². The number of aromatic nitrogens is 2. The average Bonchev–Trinajstić information content (AvgIpc) is 3.03. The quantitative estimate of drug-likeness (QED) is 0.770. The first-order chi connectivity index (χ1) is 11.1. The molecule has 0 saturated carbocycles. The average molecular weight is 316 g/mol. The van der Waals surface area contributed by atoms with Gasteiger partial charge in [0.2, 0.25) is 11.8 Å². The monoisotopic (exact) mass is 316 g/mol. The molecule has 8 nitrogen and oxygen atoms in total. The third-order valence-electron chi connectivity index (χ3n) is 3.62. The summed E-state index contributed by atoms with van der Waals surface area (Å²) in [6, 6.07) is 5.40. The van der Waals surface area contributed by atoms with Gasteiger partial charge in [-0.25, -0.2) is 9.98 Å². The molecule has 2 aromatic rings. The highest BCUT2D eigenvalue weighted by Gasteiger charge is 2.23. The molecule has 1 aliphatic heterocycles. The molecule has 1 aromatic carbocycles. The van der Waals surface area contributed by atoms with E-state index in [-0.39, 0.29) is 18.2 Å². The van der Waals surface area contributed by atoms with E-state index < -0.39 is 0 Å². The van der Waals surface area contributed by atoms with Crippen molar-refractivity contribution in [2.24, 2.45) is 4.99 Å². The number of hydrogen-bond donors (Lipinski definition) is 3. The molecule has 4 N–H and O–H groups in total. The zero-order chi connectivity index (χ0) is 16.4. The molecular weight excluding hydrogens is 296 g/mol. The molecule has 1 aliphatic rings. The molecule has 23 heavy (non-hydrogen) atoms. The molecule has 1 unspecified atom stereocenters. The van der Waals surface area contributed by atoms with Crippen LogP contribution in [0.15, 0.2) is 23.2 Å². The number of nitrogens with zero attached hydrogens (tertiary/aromatic N) is 3. The summed E-state index contributed by atoms with van der Waals surface area (Å²) in [4.78, 5) is 18.4. The summed E-state index contributed by atoms with van der Waals surface area (Å²) < 4.78 is 5.41. The number of rotatable bonds is 5. The first-order valence-corrected chi connectivity index (χ1v) is 7.49. The third-order valence-corrected chi connectivity index (χ3v) is 3.62. The van der Waals surface area contributed by atoms with Crippen molar-refractivity contribution in [1.82, 2.24) is 15.4 Å². The Kier molecular flexibility index (Phi) is 4.16. The van der Waals surface area contributed by atoms with Gasteiger partial charge < -0.3 is 20.6 Å². The van der Waals surface area contributed by atoms with Gasteiger partial charge in [0, 0.05) is 0 Å². The van der Waals surface area contributed by atoms with Crippen molar-refractivity contribution in [3.63, 3.8) is 0 Å². The van der Waals surface area contributed by atoms with E-state index in [9.17, 15) is 0 Å². The van der Waals surface area contributed by atoms with Gasteiger partial charge in [0.1, 0.15) is 23.8 Å². The number of anilines is 2. The summed E-state index contributed by atoms with van der Waals surface area (Å²) in [6.07, 6.45) is 0.837. The molecule has 1 aromatic heterocycles. The van der Waals surface area contributed by atoms with Crippen LogP contribution < -0.4 is 21.3 Å². The van der Waals surface area contributed by atoms with E-state index in [2.05, 4.69) is 25.8 Å². The Morgan fingerprint density at radius 2 is 2.26 bits per heavy atom. The van der Waals surface area contributed by atoms with Gasteiger partial charge >= 0.3 is 0 Å². The Bertz CT molecular complexity index is 748. The van der Waals surface area contributed by atoms with Crippen LogP contribution in [0.1, 0.15) is 20.3 Å². The minimum atomic E-state index is -0.179. The molecule has 0 radical (unpaired) electrons. The van der Waals surface area contributed by atoms with Gasteiger partial charge in [-0.2, -0.15) is 4.98 Å². The number of hydrogen-bond acceptors (Lipinski definition) is 8. The Balaban J connectivity index is 1.96. The number of ether oxygens (including phenoxy) is 1. The lowest BCUT2D eigenvalue weighted by molar-refractivity contribution is 0.172. The first-order valence-electron chi connectivity index (χ1n) is 7.49. The van der Waals surface area contributed by atoms with Crippen molar-refractivity contribution < 1.29 is 9.57 Å². The molecule has 2 atom stereocenters. The Morgan fingerprint density at radius 3 is 2.96 bits per heavy atom. The van der Waals surface area contributed by atoms with Gasteiger partial charge in [-0.3, -0.25) is 0 Å². The fourth-order valence-electron chi connectivity index (χ4n) is 2.42. The van der Waals surface area contributed by atoms with Gasteiger partial charge in [0.15, 0.2) is 0 Å². The Morgan fingerprint density at radius 1 is 1.43 bits per heavy atom. The lowest BCUT2D eigenvalue weighted by atomic mass is 10.2. The van der Waals surface area contributed by atoms with E-state index in [1.165, 1.54) is 0 Å². The zero-order valence-electron chi connectivity index (χ0n) is 13.3. The normalized spacial score (nSPS) is 18.4. The van der Waals surface area contributed by atoms with Crippen LogP contribution in [0.3, 0.4) is 0 Å². The molecule has 8 heteroatoms. The number of aliphatic imine (C=N–C) groups is 1. The predicted molar refractivity (Wildman–Crippen MR) is 89.3 cm³/mol. The van der Waals surface area contributed by atoms with Crippen molar-refractivity contribution in [3.05, 3.63) is 18.2 Å². The van der Waals surface area contributed by atoms with E-state index in [1.807, 2.05) is 32.0 Å². The number of hydroxylamine groups is 1. The smallest absolute Gasteiger partial charge is 0.233 e. The summed E-state index contributed by atoms with van der Waals surface area (Å²) in [5.41, 5.74) is 9.39. The van der Waals surface area contributed by atoms with E-state index in [1.54, 1.807) is 7.11 Å². The third kappa shape index (κ3) is 2.98. The molecule has 0 bridgehead atoms. The van der Waals surface area contributed by atoms with E-state index in [4.69, 9.17) is 15.3 Å². The Labute approximate surface area is 134 Å². The maximum atomic E-state index is 5.81. The number of nitrogen functional groups attached to an aromatic ring is 1. The van der Waals surface area contributed by atoms with Gasteiger partial charge in [-0.05, 0) is 25.5 Å². The number of nitrogens with two attached hydrogens (primary N) is 1. The number of fused-ring (bicyclic) bond motifs is 1. The topological polar surface area (TPSA) is 107 Å². The molecule has 0 spiro atoms. The van der Waals surface area contributed by atoms with Crippen LogP contribution in [0.5, 0.6) is 5.75 Å². The second-order valence-corrected chi connectivity index (χ2v) is 5.26. The summed E-state index contributed by atoms with van der Waals surface area (Å²) in [6.45, 7) is 3.98. The highest BCUT2D eigenvalue weighted by Crippen LogP contribution is 2.31. The number of benzene rings is 1. The van der Waals surface area contributed by atoms with Crippen molar-refractivity contribution in [3.8, 4) is 5.75 Å². The fraction of sp³-hybridized carbons (Fsp3) is 0.400.